The molecule has 2 heterocycles. The molecule has 1 aromatic carbocycles. The number of carboxylic acids is 2. The summed E-state index contributed by atoms with van der Waals surface area (Å²) in [6, 6.07) is 6.35. The third-order valence-electron chi connectivity index (χ3n) is 7.51. The number of amides is 2. The number of benzene rings is 1. The van der Waals surface area contributed by atoms with Gasteiger partial charge in [-0.25, -0.2) is 4.79 Å². The van der Waals surface area contributed by atoms with E-state index in [1.165, 1.54) is 4.90 Å². The maximum absolute atomic E-state index is 13.5. The molecule has 2 aliphatic heterocycles. The van der Waals surface area contributed by atoms with E-state index in [2.05, 4.69) is 12.2 Å². The number of piperidine rings is 1. The largest absolute Gasteiger partial charge is 0.480 e. The quantitative estimate of drug-likeness (QED) is 0.376. The first-order chi connectivity index (χ1) is 17.2. The third kappa shape index (κ3) is 6.84. The molecule has 2 fully saturated rings. The predicted molar refractivity (Wildman–Crippen MR) is 134 cm³/mol. The van der Waals surface area contributed by atoms with Crippen molar-refractivity contribution in [2.24, 2.45) is 5.92 Å². The number of carboxylic acid groups (broad SMARTS) is 2. The Morgan fingerprint density at radius 2 is 1.83 bits per heavy atom. The van der Waals surface area contributed by atoms with E-state index in [-0.39, 0.29) is 17.9 Å². The Balaban J connectivity index is 1.68. The summed E-state index contributed by atoms with van der Waals surface area (Å²) in [6.45, 7) is 4.57. The molecular formula is C27H39N3O6. The molecule has 198 valence electrons. The molecule has 0 radical (unpaired) electrons. The van der Waals surface area contributed by atoms with Crippen LogP contribution < -0.4 is 5.32 Å². The lowest BCUT2D eigenvalue weighted by Crippen LogP contribution is -2.58. The number of rotatable bonds is 12. The third-order valence-corrected chi connectivity index (χ3v) is 7.51. The molecule has 2 amide bonds. The van der Waals surface area contributed by atoms with E-state index >= 15 is 0 Å². The standard InChI is InChI=1S/C27H39N3O6/c1-3-4-6-11-24(31)29-15-14-20-16-22(27(35)36)30(23(20)17-29)25(32)18(2)28-21(26(33)34)13-12-19-9-7-5-8-10-19/h5,7-10,18,20-23,28H,3-4,6,11-17H2,1-2H3,(H,33,34)(H,35,36)/t18-,20+,21+,22-,23-/m0/s1. The number of nitrogens with one attached hydrogen (secondary N) is 1. The second kappa shape index (κ2) is 12.9. The van der Waals surface area contributed by atoms with E-state index in [4.69, 9.17) is 0 Å². The molecular weight excluding hydrogens is 462 g/mol. The van der Waals surface area contributed by atoms with Crippen molar-refractivity contribution in [2.75, 3.05) is 13.1 Å². The number of fused-ring (bicyclic) bond motifs is 1. The highest BCUT2D eigenvalue weighted by Crippen LogP contribution is 2.37. The summed E-state index contributed by atoms with van der Waals surface area (Å²) in [7, 11) is 0. The highest BCUT2D eigenvalue weighted by molar-refractivity contribution is 5.88. The monoisotopic (exact) mass is 501 g/mol. The van der Waals surface area contributed by atoms with Gasteiger partial charge in [0.1, 0.15) is 12.1 Å². The van der Waals surface area contributed by atoms with Crippen molar-refractivity contribution in [2.45, 2.75) is 89.4 Å². The van der Waals surface area contributed by atoms with Gasteiger partial charge in [-0.1, -0.05) is 50.1 Å². The average molecular weight is 502 g/mol. The molecule has 0 aliphatic carbocycles. The van der Waals surface area contributed by atoms with Crippen molar-refractivity contribution in [3.63, 3.8) is 0 Å². The minimum absolute atomic E-state index is 0.00953. The summed E-state index contributed by atoms with van der Waals surface area (Å²) in [5.41, 5.74) is 1.00. The summed E-state index contributed by atoms with van der Waals surface area (Å²) in [5, 5.41) is 22.5. The van der Waals surface area contributed by atoms with Gasteiger partial charge in [-0.2, -0.15) is 0 Å². The molecule has 3 rings (SSSR count). The number of nitrogens with zero attached hydrogens (tertiary/aromatic N) is 2. The number of aryl methyl sites for hydroxylation is 1. The van der Waals surface area contributed by atoms with Crippen LogP contribution in [0.2, 0.25) is 0 Å². The lowest BCUT2D eigenvalue weighted by molar-refractivity contribution is -0.152. The van der Waals surface area contributed by atoms with Crippen molar-refractivity contribution in [1.82, 2.24) is 15.1 Å². The molecule has 0 aromatic heterocycles. The number of hydrogen-bond acceptors (Lipinski definition) is 5. The predicted octanol–water partition coefficient (Wildman–Crippen LogP) is 2.53. The molecule has 1 aromatic rings. The number of aliphatic carboxylic acids is 2. The smallest absolute Gasteiger partial charge is 0.326 e. The topological polar surface area (TPSA) is 127 Å². The van der Waals surface area contributed by atoms with Crippen LogP contribution in [0.25, 0.3) is 0 Å². The van der Waals surface area contributed by atoms with Gasteiger partial charge in [0.05, 0.1) is 12.1 Å². The maximum atomic E-state index is 13.5. The summed E-state index contributed by atoms with van der Waals surface area (Å²) in [6.07, 6.45) is 5.13. The zero-order valence-corrected chi connectivity index (χ0v) is 21.3. The molecule has 36 heavy (non-hydrogen) atoms. The minimum atomic E-state index is -1.07. The fraction of sp³-hybridized carbons (Fsp3) is 0.630. The van der Waals surface area contributed by atoms with Crippen LogP contribution in [0.4, 0.5) is 0 Å². The molecule has 2 saturated heterocycles. The van der Waals surface area contributed by atoms with E-state index in [9.17, 15) is 29.4 Å². The van der Waals surface area contributed by atoms with Gasteiger partial charge in [-0.05, 0) is 50.5 Å². The molecule has 9 heteroatoms. The van der Waals surface area contributed by atoms with E-state index in [0.717, 1.165) is 24.8 Å². The summed E-state index contributed by atoms with van der Waals surface area (Å²) in [5.74, 6) is -2.49. The maximum Gasteiger partial charge on any atom is 0.326 e. The van der Waals surface area contributed by atoms with Crippen LogP contribution in [0, 0.1) is 5.92 Å². The summed E-state index contributed by atoms with van der Waals surface area (Å²) < 4.78 is 0. The Bertz CT molecular complexity index is 923. The van der Waals surface area contributed by atoms with Gasteiger partial charge in [0, 0.05) is 19.5 Å². The van der Waals surface area contributed by atoms with Crippen molar-refractivity contribution in [3.05, 3.63) is 35.9 Å². The van der Waals surface area contributed by atoms with Gasteiger partial charge in [-0.15, -0.1) is 0 Å². The molecule has 9 nitrogen and oxygen atoms in total. The SMILES string of the molecule is CCCCCC(=O)N1CC[C@@H]2C[C@@H](C(=O)O)N(C(=O)[C@H](C)N[C@H](CCc3ccccc3)C(=O)O)[C@H]2C1. The van der Waals surface area contributed by atoms with Crippen molar-refractivity contribution < 1.29 is 29.4 Å². The zero-order valence-electron chi connectivity index (χ0n) is 21.3. The van der Waals surface area contributed by atoms with Crippen LogP contribution in [-0.4, -0.2) is 81.0 Å². The Hall–Kier alpha value is -2.94. The van der Waals surface area contributed by atoms with Gasteiger partial charge >= 0.3 is 11.9 Å². The molecule has 2 aliphatic rings. The van der Waals surface area contributed by atoms with Gasteiger partial charge < -0.3 is 20.0 Å². The van der Waals surface area contributed by atoms with E-state index in [1.54, 1.807) is 11.8 Å². The Morgan fingerprint density at radius 3 is 2.47 bits per heavy atom. The van der Waals surface area contributed by atoms with Crippen LogP contribution in [0.3, 0.4) is 0 Å². The average Bonchev–Trinajstić information content (AvgIpc) is 3.25. The Morgan fingerprint density at radius 1 is 1.11 bits per heavy atom. The number of carbonyl (C=O) groups is 4. The zero-order chi connectivity index (χ0) is 26.2. The molecule has 0 unspecified atom stereocenters. The number of carbonyl (C=O) groups excluding carboxylic acids is 2. The minimum Gasteiger partial charge on any atom is -0.480 e. The highest BCUT2D eigenvalue weighted by Gasteiger charge is 2.50. The summed E-state index contributed by atoms with van der Waals surface area (Å²) in [4.78, 5) is 53.4. The number of likely N-dealkylation sites (tertiary alicyclic amines) is 2. The fourth-order valence-corrected chi connectivity index (χ4v) is 5.48. The van der Waals surface area contributed by atoms with E-state index in [1.807, 2.05) is 30.3 Å². The number of hydrogen-bond donors (Lipinski definition) is 3. The van der Waals surface area contributed by atoms with E-state index < -0.39 is 36.0 Å². The second-order valence-electron chi connectivity index (χ2n) is 10.1. The van der Waals surface area contributed by atoms with E-state index in [0.29, 0.717) is 45.2 Å². The van der Waals surface area contributed by atoms with Crippen LogP contribution in [0.15, 0.2) is 30.3 Å². The van der Waals surface area contributed by atoms with Gasteiger partial charge in [0.25, 0.3) is 0 Å². The first-order valence-corrected chi connectivity index (χ1v) is 13.1. The van der Waals surface area contributed by atoms with Crippen LogP contribution in [0.1, 0.15) is 64.4 Å². The molecule has 0 spiro atoms. The second-order valence-corrected chi connectivity index (χ2v) is 10.1. The van der Waals surface area contributed by atoms with Crippen molar-refractivity contribution >= 4 is 23.8 Å². The summed E-state index contributed by atoms with van der Waals surface area (Å²) >= 11 is 0. The lowest BCUT2D eigenvalue weighted by atomic mass is 9.91. The fourth-order valence-electron chi connectivity index (χ4n) is 5.48. The van der Waals surface area contributed by atoms with Crippen LogP contribution >= 0.6 is 0 Å². The Labute approximate surface area is 212 Å². The first-order valence-electron chi connectivity index (χ1n) is 13.1. The van der Waals surface area contributed by atoms with Gasteiger partial charge in [-0.3, -0.25) is 19.7 Å². The van der Waals surface area contributed by atoms with Crippen molar-refractivity contribution in [1.29, 1.82) is 0 Å². The molecule has 0 saturated carbocycles. The molecule has 0 bridgehead atoms. The first kappa shape index (κ1) is 27.6. The highest BCUT2D eigenvalue weighted by atomic mass is 16.4. The lowest BCUT2D eigenvalue weighted by Gasteiger charge is -2.40. The molecule has 5 atom stereocenters. The molecule has 3 N–H and O–H groups in total. The van der Waals surface area contributed by atoms with Gasteiger partial charge in [0.15, 0.2) is 0 Å². The normalized spacial score (nSPS) is 23.1. The number of unbranched alkanes of at least 4 members (excludes halogenated alkanes) is 2. The van der Waals surface area contributed by atoms with Crippen molar-refractivity contribution in [3.8, 4) is 0 Å². The van der Waals surface area contributed by atoms with Gasteiger partial charge in [0.2, 0.25) is 11.8 Å². The van der Waals surface area contributed by atoms with Crippen LogP contribution in [0.5, 0.6) is 0 Å². The van der Waals surface area contributed by atoms with Crippen LogP contribution in [-0.2, 0) is 25.6 Å². The Kier molecular flexibility index (Phi) is 9.87.